The highest BCUT2D eigenvalue weighted by atomic mass is 35.5. The van der Waals surface area contributed by atoms with Gasteiger partial charge < -0.3 is 5.11 Å². The molecule has 84 valence electrons. The Morgan fingerprint density at radius 3 is 2.57 bits per heavy atom. The van der Waals surface area contributed by atoms with Crippen LogP contribution in [-0.4, -0.2) is 37.7 Å². The monoisotopic (exact) mass is 243 g/mol. The zero-order chi connectivity index (χ0) is 11.2. The van der Waals surface area contributed by atoms with Gasteiger partial charge in [-0.3, -0.25) is 4.79 Å². The molecule has 2 N–H and O–H groups in total. The summed E-state index contributed by atoms with van der Waals surface area (Å²) in [6.45, 7) is 1.64. The van der Waals surface area contributed by atoms with Crippen LogP contribution in [0.3, 0.4) is 0 Å². The first-order chi connectivity index (χ1) is 6.37. The summed E-state index contributed by atoms with van der Waals surface area (Å²) in [5.41, 5.74) is 0. The molecule has 0 radical (unpaired) electrons. The molecule has 0 amide bonds. The molecular weight excluding hydrogens is 230 g/mol. The summed E-state index contributed by atoms with van der Waals surface area (Å²) < 4.78 is 24.6. The summed E-state index contributed by atoms with van der Waals surface area (Å²) in [5.74, 6) is -0.979. The average Bonchev–Trinajstić information content (AvgIpc) is 2.02. The largest absolute Gasteiger partial charge is 0.481 e. The summed E-state index contributed by atoms with van der Waals surface area (Å²) in [5, 5.41) is 8.28. The third kappa shape index (κ3) is 7.11. The Bertz CT molecular complexity index is 277. The zero-order valence-electron chi connectivity index (χ0n) is 7.86. The fourth-order valence-electron chi connectivity index (χ4n) is 0.792. The Kier molecular flexibility index (Phi) is 6.06. The lowest BCUT2D eigenvalue weighted by Crippen LogP contribution is -2.31. The number of aliphatic carboxylic acids is 1. The number of hydrogen-bond acceptors (Lipinski definition) is 3. The van der Waals surface area contributed by atoms with Crippen LogP contribution in [0.5, 0.6) is 0 Å². The van der Waals surface area contributed by atoms with Crippen molar-refractivity contribution in [1.29, 1.82) is 0 Å². The average molecular weight is 244 g/mol. The number of hydrogen-bond donors (Lipinski definition) is 2. The summed E-state index contributed by atoms with van der Waals surface area (Å²) in [4.78, 5) is 10.1. The molecule has 0 fully saturated rings. The van der Waals surface area contributed by atoms with E-state index < -0.39 is 16.0 Å². The molecule has 0 bridgehead atoms. The van der Waals surface area contributed by atoms with Crippen molar-refractivity contribution in [2.45, 2.75) is 13.3 Å². The Morgan fingerprint density at radius 1 is 1.57 bits per heavy atom. The van der Waals surface area contributed by atoms with Crippen molar-refractivity contribution in [2.24, 2.45) is 5.92 Å². The lowest BCUT2D eigenvalue weighted by atomic mass is 10.3. The summed E-state index contributed by atoms with van der Waals surface area (Å²) in [6.07, 6.45) is -0.214. The molecule has 5 nitrogen and oxygen atoms in total. The molecule has 1 atom stereocenters. The van der Waals surface area contributed by atoms with E-state index in [0.29, 0.717) is 0 Å². The van der Waals surface area contributed by atoms with E-state index in [0.717, 1.165) is 0 Å². The van der Waals surface area contributed by atoms with Crippen molar-refractivity contribution in [3.63, 3.8) is 0 Å². The number of carbonyl (C=O) groups is 1. The first-order valence-corrected chi connectivity index (χ1v) is 6.31. The quantitative estimate of drug-likeness (QED) is 0.628. The minimum atomic E-state index is -3.39. The van der Waals surface area contributed by atoms with Gasteiger partial charge in [0.2, 0.25) is 10.0 Å². The van der Waals surface area contributed by atoms with Gasteiger partial charge in [-0.2, -0.15) is 0 Å². The van der Waals surface area contributed by atoms with Crippen molar-refractivity contribution >= 4 is 27.6 Å². The second-order valence-electron chi connectivity index (χ2n) is 3.08. The number of rotatable bonds is 7. The third-order valence-electron chi connectivity index (χ3n) is 1.43. The van der Waals surface area contributed by atoms with Gasteiger partial charge in [0.05, 0.1) is 12.2 Å². The first kappa shape index (κ1) is 13.7. The van der Waals surface area contributed by atoms with E-state index in [-0.39, 0.29) is 30.5 Å². The molecule has 0 aliphatic carbocycles. The SMILES string of the molecule is CC(CCl)CS(=O)(=O)NCCC(=O)O. The molecular formula is C7H14ClNO4S. The van der Waals surface area contributed by atoms with Gasteiger partial charge in [0, 0.05) is 12.4 Å². The van der Waals surface area contributed by atoms with E-state index in [4.69, 9.17) is 16.7 Å². The molecule has 7 heteroatoms. The Hall–Kier alpha value is -0.330. The number of carboxylic acids is 1. The van der Waals surface area contributed by atoms with E-state index in [1.165, 1.54) is 0 Å². The van der Waals surface area contributed by atoms with Crippen LogP contribution in [0.1, 0.15) is 13.3 Å². The molecule has 0 rings (SSSR count). The van der Waals surface area contributed by atoms with Crippen LogP contribution in [0.25, 0.3) is 0 Å². The molecule has 14 heavy (non-hydrogen) atoms. The van der Waals surface area contributed by atoms with Gasteiger partial charge in [-0.15, -0.1) is 11.6 Å². The topological polar surface area (TPSA) is 83.5 Å². The molecule has 0 aromatic rings. The van der Waals surface area contributed by atoms with Gasteiger partial charge in [0.15, 0.2) is 0 Å². The summed E-state index contributed by atoms with van der Waals surface area (Å²) >= 11 is 5.46. The van der Waals surface area contributed by atoms with Crippen LogP contribution in [0.15, 0.2) is 0 Å². The van der Waals surface area contributed by atoms with Crippen LogP contribution >= 0.6 is 11.6 Å². The van der Waals surface area contributed by atoms with E-state index >= 15 is 0 Å². The predicted molar refractivity (Wildman–Crippen MR) is 53.9 cm³/mol. The van der Waals surface area contributed by atoms with Crippen LogP contribution < -0.4 is 4.72 Å². The van der Waals surface area contributed by atoms with Gasteiger partial charge >= 0.3 is 5.97 Å². The summed E-state index contributed by atoms with van der Waals surface area (Å²) in [7, 11) is -3.39. The molecule has 0 saturated carbocycles. The van der Waals surface area contributed by atoms with E-state index in [9.17, 15) is 13.2 Å². The van der Waals surface area contributed by atoms with Gasteiger partial charge in [-0.05, 0) is 5.92 Å². The maximum absolute atomic E-state index is 11.2. The highest BCUT2D eigenvalue weighted by Gasteiger charge is 2.14. The Morgan fingerprint density at radius 2 is 2.14 bits per heavy atom. The maximum atomic E-state index is 11.2. The van der Waals surface area contributed by atoms with Gasteiger partial charge in [-0.25, -0.2) is 13.1 Å². The van der Waals surface area contributed by atoms with E-state index in [2.05, 4.69) is 4.72 Å². The highest BCUT2D eigenvalue weighted by Crippen LogP contribution is 2.01. The van der Waals surface area contributed by atoms with E-state index in [1.807, 2.05) is 0 Å². The van der Waals surface area contributed by atoms with Crippen LogP contribution in [0.2, 0.25) is 0 Å². The first-order valence-electron chi connectivity index (χ1n) is 4.12. The summed E-state index contributed by atoms with van der Waals surface area (Å²) in [6, 6.07) is 0. The lowest BCUT2D eigenvalue weighted by molar-refractivity contribution is -0.136. The predicted octanol–water partition coefficient (Wildman–Crippen LogP) is 0.255. The second-order valence-corrected chi connectivity index (χ2v) is 5.24. The Labute approximate surface area is 88.5 Å². The highest BCUT2D eigenvalue weighted by molar-refractivity contribution is 7.89. The molecule has 0 spiro atoms. The molecule has 0 aromatic carbocycles. The minimum Gasteiger partial charge on any atom is -0.481 e. The second kappa shape index (κ2) is 6.21. The van der Waals surface area contributed by atoms with Crippen LogP contribution in [0.4, 0.5) is 0 Å². The maximum Gasteiger partial charge on any atom is 0.304 e. The van der Waals surface area contributed by atoms with Crippen molar-refractivity contribution < 1.29 is 18.3 Å². The number of alkyl halides is 1. The smallest absolute Gasteiger partial charge is 0.304 e. The lowest BCUT2D eigenvalue weighted by Gasteiger charge is -2.08. The van der Waals surface area contributed by atoms with Gasteiger partial charge in [-0.1, -0.05) is 6.92 Å². The molecule has 0 aliphatic heterocycles. The fraction of sp³-hybridized carbons (Fsp3) is 0.857. The molecule has 0 aliphatic rings. The molecule has 0 saturated heterocycles. The minimum absolute atomic E-state index is 0.0733. The molecule has 1 unspecified atom stereocenters. The fourth-order valence-corrected chi connectivity index (χ4v) is 2.43. The van der Waals surface area contributed by atoms with Crippen LogP contribution in [-0.2, 0) is 14.8 Å². The van der Waals surface area contributed by atoms with Crippen molar-refractivity contribution in [2.75, 3.05) is 18.2 Å². The zero-order valence-corrected chi connectivity index (χ0v) is 9.44. The number of halogens is 1. The standard InChI is InChI=1S/C7H14ClNO4S/c1-6(4-8)5-14(12,13)9-3-2-7(10)11/h6,9H,2-5H2,1H3,(H,10,11). The van der Waals surface area contributed by atoms with Crippen LogP contribution in [0, 0.1) is 5.92 Å². The normalized spacial score (nSPS) is 13.9. The van der Waals surface area contributed by atoms with Crippen molar-refractivity contribution in [1.82, 2.24) is 4.72 Å². The van der Waals surface area contributed by atoms with Gasteiger partial charge in [0.1, 0.15) is 0 Å². The number of carboxylic acid groups (broad SMARTS) is 1. The molecule has 0 heterocycles. The van der Waals surface area contributed by atoms with Gasteiger partial charge in [0.25, 0.3) is 0 Å². The number of sulfonamides is 1. The number of nitrogens with one attached hydrogen (secondary N) is 1. The Balaban J connectivity index is 3.90. The van der Waals surface area contributed by atoms with Crippen molar-refractivity contribution in [3.8, 4) is 0 Å². The van der Waals surface area contributed by atoms with Crippen molar-refractivity contribution in [3.05, 3.63) is 0 Å². The van der Waals surface area contributed by atoms with E-state index in [1.54, 1.807) is 6.92 Å². The molecule has 0 aromatic heterocycles. The third-order valence-corrected chi connectivity index (χ3v) is 3.61.